The lowest BCUT2D eigenvalue weighted by molar-refractivity contribution is 0.626. The van der Waals surface area contributed by atoms with Gasteiger partial charge in [-0.25, -0.2) is 9.97 Å². The van der Waals surface area contributed by atoms with Gasteiger partial charge in [-0.2, -0.15) is 0 Å². The molecule has 4 rings (SSSR count). The topological polar surface area (TPSA) is 37.8 Å². The molecule has 1 aliphatic heterocycles. The molecule has 3 aromatic rings. The number of rotatable bonds is 4. The van der Waals surface area contributed by atoms with E-state index in [1.54, 1.807) is 0 Å². The van der Waals surface area contributed by atoms with Crippen LogP contribution in [0.5, 0.6) is 0 Å². The summed E-state index contributed by atoms with van der Waals surface area (Å²) < 4.78 is 0. The van der Waals surface area contributed by atoms with Crippen LogP contribution in [0.2, 0.25) is 5.02 Å². The molecule has 0 bridgehead atoms. The van der Waals surface area contributed by atoms with E-state index in [-0.39, 0.29) is 0 Å². The van der Waals surface area contributed by atoms with Crippen molar-refractivity contribution in [3.05, 3.63) is 82.1 Å². The van der Waals surface area contributed by atoms with Gasteiger partial charge in [-0.05, 0) is 36.1 Å². The highest BCUT2D eigenvalue weighted by Crippen LogP contribution is 2.20. The molecule has 0 amide bonds. The number of fused-ring (bicyclic) bond motifs is 1. The smallest absolute Gasteiger partial charge is 0.159 e. The number of nitrogens with zero attached hydrogens (tertiary/aromatic N) is 2. The van der Waals surface area contributed by atoms with Crippen LogP contribution >= 0.6 is 11.6 Å². The van der Waals surface area contributed by atoms with Gasteiger partial charge >= 0.3 is 0 Å². The molecule has 0 spiro atoms. The lowest BCUT2D eigenvalue weighted by Crippen LogP contribution is -2.24. The zero-order chi connectivity index (χ0) is 17.1. The summed E-state index contributed by atoms with van der Waals surface area (Å²) in [5, 5.41) is 4.14. The molecule has 0 saturated heterocycles. The minimum absolute atomic E-state index is 0.786. The van der Waals surface area contributed by atoms with Gasteiger partial charge in [0.25, 0.3) is 0 Å². The standard InChI is InChI=1S/C21H20ClN3/c22-19-9-5-16(6-10-19)2-1-15-3-7-17(8-4-15)21-24-14-18-13-23-12-11-20(18)25-21/h3-10,14,23H,1-2,11-13H2. The highest BCUT2D eigenvalue weighted by atomic mass is 35.5. The Balaban J connectivity index is 1.45. The van der Waals surface area contributed by atoms with Crippen molar-refractivity contribution < 1.29 is 0 Å². The van der Waals surface area contributed by atoms with Gasteiger partial charge in [-0.3, -0.25) is 0 Å². The molecule has 1 aliphatic rings. The molecule has 0 saturated carbocycles. The summed E-state index contributed by atoms with van der Waals surface area (Å²) in [6.45, 7) is 1.87. The van der Waals surface area contributed by atoms with Crippen LogP contribution in [-0.2, 0) is 25.8 Å². The second kappa shape index (κ2) is 7.34. The number of aryl methyl sites for hydroxylation is 2. The van der Waals surface area contributed by atoms with Crippen molar-refractivity contribution in [3.8, 4) is 11.4 Å². The van der Waals surface area contributed by atoms with Crippen molar-refractivity contribution in [1.29, 1.82) is 0 Å². The van der Waals surface area contributed by atoms with E-state index in [1.165, 1.54) is 22.4 Å². The molecule has 0 aliphatic carbocycles. The van der Waals surface area contributed by atoms with Crippen molar-refractivity contribution in [2.24, 2.45) is 0 Å². The molecule has 0 atom stereocenters. The second-order valence-electron chi connectivity index (χ2n) is 6.42. The van der Waals surface area contributed by atoms with Crippen molar-refractivity contribution in [3.63, 3.8) is 0 Å². The second-order valence-corrected chi connectivity index (χ2v) is 6.85. The van der Waals surface area contributed by atoms with Crippen molar-refractivity contribution in [2.75, 3.05) is 6.54 Å². The van der Waals surface area contributed by atoms with Crippen molar-refractivity contribution in [1.82, 2.24) is 15.3 Å². The third kappa shape index (κ3) is 3.89. The molecule has 1 N–H and O–H groups in total. The van der Waals surface area contributed by atoms with Crippen LogP contribution in [0.15, 0.2) is 54.7 Å². The molecule has 2 heterocycles. The minimum Gasteiger partial charge on any atom is -0.312 e. The number of hydrogen-bond donors (Lipinski definition) is 1. The average Bonchev–Trinajstić information content (AvgIpc) is 2.68. The summed E-state index contributed by atoms with van der Waals surface area (Å²) in [5.74, 6) is 0.824. The normalized spacial score (nSPS) is 13.5. The molecule has 0 fully saturated rings. The Labute approximate surface area is 153 Å². The van der Waals surface area contributed by atoms with Crippen molar-refractivity contribution >= 4 is 11.6 Å². The fraction of sp³-hybridized carbons (Fsp3) is 0.238. The monoisotopic (exact) mass is 349 g/mol. The Morgan fingerprint density at radius 2 is 1.60 bits per heavy atom. The first-order valence-corrected chi connectivity index (χ1v) is 9.05. The highest BCUT2D eigenvalue weighted by molar-refractivity contribution is 6.30. The third-order valence-electron chi connectivity index (χ3n) is 4.64. The van der Waals surface area contributed by atoms with E-state index in [0.717, 1.165) is 48.8 Å². The van der Waals surface area contributed by atoms with E-state index in [2.05, 4.69) is 46.7 Å². The highest BCUT2D eigenvalue weighted by Gasteiger charge is 2.12. The zero-order valence-electron chi connectivity index (χ0n) is 14.0. The summed E-state index contributed by atoms with van der Waals surface area (Å²) in [7, 11) is 0. The molecule has 3 nitrogen and oxygen atoms in total. The molecule has 2 aromatic carbocycles. The maximum atomic E-state index is 5.93. The van der Waals surface area contributed by atoms with E-state index in [1.807, 2.05) is 18.3 Å². The first-order chi connectivity index (χ1) is 12.3. The predicted octanol–water partition coefficient (Wildman–Crippen LogP) is 4.23. The number of halogens is 1. The molecule has 4 heteroatoms. The molecular weight excluding hydrogens is 330 g/mol. The fourth-order valence-corrected chi connectivity index (χ4v) is 3.26. The maximum Gasteiger partial charge on any atom is 0.159 e. The van der Waals surface area contributed by atoms with Crippen LogP contribution < -0.4 is 5.32 Å². The van der Waals surface area contributed by atoms with Crippen LogP contribution in [-0.4, -0.2) is 16.5 Å². The number of aromatic nitrogens is 2. The number of nitrogens with one attached hydrogen (secondary N) is 1. The summed E-state index contributed by atoms with van der Waals surface area (Å²) in [6.07, 6.45) is 4.96. The minimum atomic E-state index is 0.786. The van der Waals surface area contributed by atoms with Gasteiger partial charge in [0, 0.05) is 41.9 Å². The van der Waals surface area contributed by atoms with Crippen LogP contribution in [0.4, 0.5) is 0 Å². The number of hydrogen-bond acceptors (Lipinski definition) is 3. The van der Waals surface area contributed by atoms with Gasteiger partial charge in [0.1, 0.15) is 0 Å². The Kier molecular flexibility index (Phi) is 4.77. The van der Waals surface area contributed by atoms with Gasteiger partial charge in [0.2, 0.25) is 0 Å². The Bertz CT molecular complexity index is 857. The fourth-order valence-electron chi connectivity index (χ4n) is 3.14. The molecule has 0 unspecified atom stereocenters. The summed E-state index contributed by atoms with van der Waals surface area (Å²) >= 11 is 5.93. The molecule has 25 heavy (non-hydrogen) atoms. The van der Waals surface area contributed by atoms with Gasteiger partial charge in [-0.15, -0.1) is 0 Å². The van der Waals surface area contributed by atoms with Crippen LogP contribution in [0.3, 0.4) is 0 Å². The maximum absolute atomic E-state index is 5.93. The van der Waals surface area contributed by atoms with E-state index in [0.29, 0.717) is 0 Å². The van der Waals surface area contributed by atoms with Gasteiger partial charge in [0.05, 0.1) is 5.69 Å². The van der Waals surface area contributed by atoms with Crippen LogP contribution in [0.1, 0.15) is 22.4 Å². The largest absolute Gasteiger partial charge is 0.312 e. The molecule has 126 valence electrons. The SMILES string of the molecule is Clc1ccc(CCc2ccc(-c3ncc4c(n3)CCNC4)cc2)cc1. The molecule has 1 aromatic heterocycles. The van der Waals surface area contributed by atoms with Crippen LogP contribution in [0, 0.1) is 0 Å². The Hall–Kier alpha value is -2.23. The van der Waals surface area contributed by atoms with Crippen molar-refractivity contribution in [2.45, 2.75) is 25.8 Å². The van der Waals surface area contributed by atoms with Gasteiger partial charge < -0.3 is 5.32 Å². The predicted molar refractivity (Wildman–Crippen MR) is 102 cm³/mol. The molecular formula is C21H20ClN3. The quantitative estimate of drug-likeness (QED) is 0.766. The van der Waals surface area contributed by atoms with E-state index < -0.39 is 0 Å². The first-order valence-electron chi connectivity index (χ1n) is 8.67. The Morgan fingerprint density at radius 1 is 0.920 bits per heavy atom. The lowest BCUT2D eigenvalue weighted by Gasteiger charge is -2.16. The summed E-state index contributed by atoms with van der Waals surface area (Å²) in [5.41, 5.74) is 6.10. The average molecular weight is 350 g/mol. The first kappa shape index (κ1) is 16.2. The Morgan fingerprint density at radius 3 is 2.32 bits per heavy atom. The van der Waals surface area contributed by atoms with E-state index in [4.69, 9.17) is 16.6 Å². The third-order valence-corrected chi connectivity index (χ3v) is 4.89. The number of benzene rings is 2. The van der Waals surface area contributed by atoms with E-state index in [9.17, 15) is 0 Å². The lowest BCUT2D eigenvalue weighted by atomic mass is 10.0. The van der Waals surface area contributed by atoms with E-state index >= 15 is 0 Å². The molecule has 0 radical (unpaired) electrons. The summed E-state index contributed by atoms with van der Waals surface area (Å²) in [6, 6.07) is 16.7. The van der Waals surface area contributed by atoms with Gasteiger partial charge in [-0.1, -0.05) is 48.0 Å². The van der Waals surface area contributed by atoms with Crippen LogP contribution in [0.25, 0.3) is 11.4 Å². The summed E-state index contributed by atoms with van der Waals surface area (Å²) in [4.78, 5) is 9.28. The van der Waals surface area contributed by atoms with Gasteiger partial charge in [0.15, 0.2) is 5.82 Å². The zero-order valence-corrected chi connectivity index (χ0v) is 14.8.